The van der Waals surface area contributed by atoms with Crippen LogP contribution in [-0.2, 0) is 14.4 Å². The third-order valence-electron chi connectivity index (χ3n) is 12.5. The maximum absolute atomic E-state index is 13.7. The predicted molar refractivity (Wildman–Crippen MR) is 206 cm³/mol. The molecule has 0 saturated carbocycles. The molecule has 12 nitrogen and oxygen atoms in total. The van der Waals surface area contributed by atoms with Crippen molar-refractivity contribution in [2.45, 2.75) is 82.5 Å². The molecule has 4 saturated heterocycles. The lowest BCUT2D eigenvalue weighted by atomic mass is 10.0. The highest BCUT2D eigenvalue weighted by Gasteiger charge is 2.45. The number of rotatable bonds is 7. The molecule has 58 heavy (non-hydrogen) atoms. The third kappa shape index (κ3) is 7.87. The zero-order valence-electron chi connectivity index (χ0n) is 32.5. The Morgan fingerprint density at radius 3 is 1.53 bits per heavy atom. The van der Waals surface area contributed by atoms with Gasteiger partial charge in [0.25, 0.3) is 17.8 Å². The molecule has 4 aromatic rings. The van der Waals surface area contributed by atoms with Gasteiger partial charge in [0.15, 0.2) is 6.23 Å². The summed E-state index contributed by atoms with van der Waals surface area (Å²) in [4.78, 5) is 61.5. The number of halogens is 4. The second-order valence-corrected chi connectivity index (χ2v) is 16.4. The van der Waals surface area contributed by atoms with E-state index in [0.29, 0.717) is 31.2 Å². The smallest absolute Gasteiger partial charge is 0.312 e. The topological polar surface area (TPSA) is 142 Å². The summed E-state index contributed by atoms with van der Waals surface area (Å²) in [5.74, 6) is -6.23. The Labute approximate surface area is 333 Å². The number of hydrogen-bond donors (Lipinski definition) is 3. The molecule has 0 radical (unpaired) electrons. The number of likely N-dealkylation sites (tertiary alicyclic amines) is 4. The van der Waals surface area contributed by atoms with Crippen molar-refractivity contribution >= 4 is 17.7 Å². The molecule has 5 unspecified atom stereocenters. The van der Waals surface area contributed by atoms with Crippen LogP contribution in [0.3, 0.4) is 0 Å². The van der Waals surface area contributed by atoms with Gasteiger partial charge in [-0.1, -0.05) is 62.4 Å². The Balaban J connectivity index is 0.907. The molecule has 0 spiro atoms. The highest BCUT2D eigenvalue weighted by molar-refractivity contribution is 6.35. The van der Waals surface area contributed by atoms with Crippen LogP contribution in [0.2, 0.25) is 0 Å². The van der Waals surface area contributed by atoms with Crippen LogP contribution in [0.4, 0.5) is 17.6 Å². The molecule has 3 N–H and O–H groups in total. The molecule has 3 amide bonds. The minimum absolute atomic E-state index is 0.0380. The molecule has 2 aromatic heterocycles. The van der Waals surface area contributed by atoms with Crippen molar-refractivity contribution < 1.29 is 37.1 Å². The van der Waals surface area contributed by atoms with Gasteiger partial charge in [-0.2, -0.15) is 0 Å². The molecular formula is C42H48F4N8O4. The highest BCUT2D eigenvalue weighted by atomic mass is 19.3. The number of nitrogens with one attached hydrogen (secondary N) is 2. The zero-order chi connectivity index (χ0) is 40.9. The number of alkyl halides is 4. The summed E-state index contributed by atoms with van der Waals surface area (Å²) in [6, 6.07) is 15.1. The minimum atomic E-state index is -2.81. The summed E-state index contributed by atoms with van der Waals surface area (Å²) in [5.41, 5.74) is 5.29. The number of nitrogens with zero attached hydrogens (tertiary/aromatic N) is 6. The van der Waals surface area contributed by atoms with Gasteiger partial charge < -0.3 is 29.8 Å². The fourth-order valence-corrected chi connectivity index (χ4v) is 8.85. The largest absolute Gasteiger partial charge is 0.370 e. The number of H-pyrrole nitrogens is 2. The number of aromatic nitrogens is 4. The van der Waals surface area contributed by atoms with Crippen LogP contribution in [0, 0.1) is 11.8 Å². The summed E-state index contributed by atoms with van der Waals surface area (Å²) in [6.45, 7) is 4.47. The first kappa shape index (κ1) is 39.7. The van der Waals surface area contributed by atoms with E-state index >= 15 is 0 Å². The highest BCUT2D eigenvalue weighted by Crippen LogP contribution is 2.39. The van der Waals surface area contributed by atoms with Gasteiger partial charge in [0, 0.05) is 65.0 Å². The van der Waals surface area contributed by atoms with Crippen LogP contribution in [0.1, 0.15) is 76.1 Å². The van der Waals surface area contributed by atoms with Crippen molar-refractivity contribution in [1.82, 2.24) is 39.5 Å². The Hall–Kier alpha value is -5.09. The van der Waals surface area contributed by atoms with Gasteiger partial charge in [0.1, 0.15) is 11.6 Å². The molecule has 4 aliphatic heterocycles. The lowest BCUT2D eigenvalue weighted by Crippen LogP contribution is -2.52. The molecule has 16 heteroatoms. The molecule has 308 valence electrons. The SMILES string of the molecule is CC1CCN(C(=O)C(=O)N2CCC(F)(F)CC2)C1c1ncc(-c2ccc(-c3ccc(-c4cnc(C5C(C)CCN5C(=O)C(O)N5CCC(F)(F)CC5)[nH]4)cc3)cc2)[nH]1. The van der Waals surface area contributed by atoms with Crippen LogP contribution in [0.5, 0.6) is 0 Å². The molecule has 6 heterocycles. The maximum atomic E-state index is 13.7. The van der Waals surface area contributed by atoms with Gasteiger partial charge in [-0.25, -0.2) is 27.5 Å². The first-order valence-corrected chi connectivity index (χ1v) is 20.1. The maximum Gasteiger partial charge on any atom is 0.312 e. The fourth-order valence-electron chi connectivity index (χ4n) is 8.85. The Morgan fingerprint density at radius 2 is 1.05 bits per heavy atom. The quantitative estimate of drug-likeness (QED) is 0.148. The Morgan fingerprint density at radius 1 is 0.638 bits per heavy atom. The lowest BCUT2D eigenvalue weighted by molar-refractivity contribution is -0.158. The first-order chi connectivity index (χ1) is 27.7. The monoisotopic (exact) mass is 804 g/mol. The van der Waals surface area contributed by atoms with Crippen molar-refractivity contribution in [1.29, 1.82) is 0 Å². The van der Waals surface area contributed by atoms with Crippen LogP contribution in [0.15, 0.2) is 60.9 Å². The molecule has 4 fully saturated rings. The second kappa shape index (κ2) is 15.6. The Bertz CT molecular complexity index is 2120. The number of benzene rings is 2. The number of carbonyl (C=O) groups excluding carboxylic acids is 3. The van der Waals surface area contributed by atoms with E-state index in [4.69, 9.17) is 0 Å². The van der Waals surface area contributed by atoms with Gasteiger partial charge in [-0.05, 0) is 46.9 Å². The van der Waals surface area contributed by atoms with Crippen LogP contribution < -0.4 is 0 Å². The van der Waals surface area contributed by atoms with E-state index < -0.39 is 54.7 Å². The van der Waals surface area contributed by atoms with Gasteiger partial charge in [-0.3, -0.25) is 19.3 Å². The molecule has 4 aliphatic rings. The van der Waals surface area contributed by atoms with Crippen molar-refractivity contribution in [2.75, 3.05) is 39.3 Å². The summed E-state index contributed by atoms with van der Waals surface area (Å²) in [7, 11) is 0. The van der Waals surface area contributed by atoms with Crippen molar-refractivity contribution in [2.24, 2.45) is 11.8 Å². The van der Waals surface area contributed by atoms with Crippen molar-refractivity contribution in [3.8, 4) is 33.6 Å². The van der Waals surface area contributed by atoms with Crippen LogP contribution in [0.25, 0.3) is 33.6 Å². The van der Waals surface area contributed by atoms with E-state index in [1.54, 1.807) is 17.3 Å². The van der Waals surface area contributed by atoms with Crippen LogP contribution in [-0.4, -0.2) is 120 Å². The second-order valence-electron chi connectivity index (χ2n) is 16.4. The zero-order valence-corrected chi connectivity index (χ0v) is 32.5. The van der Waals surface area contributed by atoms with Crippen LogP contribution >= 0.6 is 0 Å². The van der Waals surface area contributed by atoms with Gasteiger partial charge in [0.05, 0.1) is 35.9 Å². The summed E-state index contributed by atoms with van der Waals surface area (Å²) in [5, 5.41) is 10.9. The van der Waals surface area contributed by atoms with E-state index in [1.807, 2.05) is 62.4 Å². The molecule has 8 rings (SSSR count). The summed E-state index contributed by atoms with van der Waals surface area (Å²) < 4.78 is 54.7. The van der Waals surface area contributed by atoms with Gasteiger partial charge >= 0.3 is 11.8 Å². The van der Waals surface area contributed by atoms with Crippen molar-refractivity contribution in [3.05, 3.63) is 72.6 Å². The van der Waals surface area contributed by atoms with E-state index in [1.165, 1.54) is 14.7 Å². The third-order valence-corrected chi connectivity index (χ3v) is 12.5. The molecule has 0 bridgehead atoms. The number of amides is 3. The standard InChI is InChI=1S/C42H48F4N8O4/c1-25-11-17-53(39(57)37(55)51-19-13-41(43,44)14-20-51)33(25)35-47-23-31(49-35)29-7-3-27(4-8-29)28-5-9-30(10-6-28)32-24-48-36(50-32)34-26(2)12-18-54(34)40(58)38(56)52-21-15-42(45,46)16-22-52/h3-10,23-26,33-34,37,55H,11-22H2,1-2H3,(H,47,49)(H,48,50). The summed E-state index contributed by atoms with van der Waals surface area (Å²) >= 11 is 0. The Kier molecular flexibility index (Phi) is 10.7. The van der Waals surface area contributed by atoms with Gasteiger partial charge in [0.2, 0.25) is 0 Å². The van der Waals surface area contributed by atoms with E-state index in [0.717, 1.165) is 40.1 Å². The number of aliphatic hydroxyl groups is 1. The molecule has 0 aliphatic carbocycles. The number of hydrogen-bond acceptors (Lipinski definition) is 7. The predicted octanol–water partition coefficient (Wildman–Crippen LogP) is 6.26. The number of aromatic amines is 2. The van der Waals surface area contributed by atoms with E-state index in [-0.39, 0.29) is 56.9 Å². The summed E-state index contributed by atoms with van der Waals surface area (Å²) in [6.07, 6.45) is 1.71. The number of piperidine rings is 2. The molecule has 2 aromatic carbocycles. The van der Waals surface area contributed by atoms with Crippen molar-refractivity contribution in [3.63, 3.8) is 0 Å². The van der Waals surface area contributed by atoms with Gasteiger partial charge in [-0.15, -0.1) is 0 Å². The number of aliphatic hydroxyl groups excluding tert-OH is 1. The normalized spacial score (nSPS) is 25.3. The first-order valence-electron chi connectivity index (χ1n) is 20.1. The van der Waals surface area contributed by atoms with E-state index in [2.05, 4.69) is 19.9 Å². The molecular weight excluding hydrogens is 757 g/mol. The minimum Gasteiger partial charge on any atom is -0.370 e. The van der Waals surface area contributed by atoms with E-state index in [9.17, 15) is 37.1 Å². The molecule has 5 atom stereocenters. The fraction of sp³-hybridized carbons (Fsp3) is 0.500. The lowest BCUT2D eigenvalue weighted by Gasteiger charge is -2.36. The number of imidazole rings is 2. The number of carbonyl (C=O) groups is 3. The average Bonchev–Trinajstić information content (AvgIpc) is 4.04. The average molecular weight is 805 g/mol.